The second-order valence-corrected chi connectivity index (χ2v) is 9.21. The van der Waals surface area contributed by atoms with Gasteiger partial charge in [-0.25, -0.2) is 4.79 Å². The predicted octanol–water partition coefficient (Wildman–Crippen LogP) is 3.61. The first-order valence-corrected chi connectivity index (χ1v) is 11.1. The molecule has 31 heavy (non-hydrogen) atoms. The number of amides is 3. The summed E-state index contributed by atoms with van der Waals surface area (Å²) < 4.78 is 5.16. The van der Waals surface area contributed by atoms with Gasteiger partial charge in [-0.1, -0.05) is 33.3 Å². The molecule has 7 heteroatoms. The molecule has 1 heterocycles. The van der Waals surface area contributed by atoms with E-state index in [4.69, 9.17) is 4.74 Å². The van der Waals surface area contributed by atoms with Crippen molar-refractivity contribution < 1.29 is 23.9 Å². The van der Waals surface area contributed by atoms with Gasteiger partial charge in [-0.05, 0) is 55.2 Å². The summed E-state index contributed by atoms with van der Waals surface area (Å²) in [7, 11) is 0. The monoisotopic (exact) mass is 428 g/mol. The summed E-state index contributed by atoms with van der Waals surface area (Å²) in [5.74, 6) is -0.874. The lowest BCUT2D eigenvalue weighted by Gasteiger charge is -2.39. The van der Waals surface area contributed by atoms with E-state index in [1.54, 1.807) is 12.1 Å². The summed E-state index contributed by atoms with van der Waals surface area (Å²) in [6.45, 7) is 6.48. The van der Waals surface area contributed by atoms with Gasteiger partial charge in [0.15, 0.2) is 6.61 Å². The van der Waals surface area contributed by atoms with Crippen molar-refractivity contribution in [2.24, 2.45) is 11.3 Å². The highest BCUT2D eigenvalue weighted by atomic mass is 16.5. The van der Waals surface area contributed by atoms with Crippen LogP contribution in [-0.2, 0) is 19.1 Å². The largest absolute Gasteiger partial charge is 0.452 e. The molecule has 1 N–H and O–H groups in total. The van der Waals surface area contributed by atoms with Gasteiger partial charge in [0.25, 0.3) is 5.91 Å². The van der Waals surface area contributed by atoms with E-state index >= 15 is 0 Å². The van der Waals surface area contributed by atoms with Crippen LogP contribution in [0.2, 0.25) is 0 Å². The highest BCUT2D eigenvalue weighted by Gasteiger charge is 2.32. The fourth-order valence-electron chi connectivity index (χ4n) is 4.43. The number of carbonyl (C=O) groups is 4. The van der Waals surface area contributed by atoms with E-state index < -0.39 is 5.97 Å². The van der Waals surface area contributed by atoms with Gasteiger partial charge in [0.1, 0.15) is 0 Å². The average molecular weight is 429 g/mol. The summed E-state index contributed by atoms with van der Waals surface area (Å²) in [5.41, 5.74) is 0.863. The molecule has 2 fully saturated rings. The minimum absolute atomic E-state index is 0.116. The van der Waals surface area contributed by atoms with Crippen LogP contribution in [-0.4, -0.2) is 36.3 Å². The Hall–Kier alpha value is -2.70. The van der Waals surface area contributed by atoms with Gasteiger partial charge in [-0.3, -0.25) is 19.3 Å². The molecule has 0 spiro atoms. The average Bonchev–Trinajstić information content (AvgIpc) is 3.10. The van der Waals surface area contributed by atoms with Crippen molar-refractivity contribution in [1.29, 1.82) is 0 Å². The zero-order valence-corrected chi connectivity index (χ0v) is 18.6. The fourth-order valence-corrected chi connectivity index (χ4v) is 4.43. The first-order chi connectivity index (χ1) is 14.7. The Bertz CT molecular complexity index is 839. The van der Waals surface area contributed by atoms with E-state index in [1.165, 1.54) is 12.1 Å². The molecule has 1 saturated heterocycles. The maximum atomic E-state index is 12.4. The fraction of sp³-hybridized carbons (Fsp3) is 0.583. The van der Waals surface area contributed by atoms with Crippen molar-refractivity contribution in [2.75, 3.05) is 11.5 Å². The number of hydrogen-bond acceptors (Lipinski definition) is 5. The third-order valence-corrected chi connectivity index (χ3v) is 6.83. The van der Waals surface area contributed by atoms with Crippen molar-refractivity contribution in [3.63, 3.8) is 0 Å². The van der Waals surface area contributed by atoms with E-state index in [0.717, 1.165) is 37.0 Å². The van der Waals surface area contributed by atoms with Crippen molar-refractivity contribution in [3.05, 3.63) is 29.8 Å². The highest BCUT2D eigenvalue weighted by molar-refractivity contribution is 6.20. The molecule has 3 rings (SSSR count). The van der Waals surface area contributed by atoms with Crippen LogP contribution in [0.3, 0.4) is 0 Å². The third kappa shape index (κ3) is 5.51. The van der Waals surface area contributed by atoms with Gasteiger partial charge in [-0.15, -0.1) is 0 Å². The number of imide groups is 1. The molecule has 2 aliphatic rings. The Morgan fingerprint density at radius 2 is 1.74 bits per heavy atom. The standard InChI is InChI=1S/C24H32N2O5/c1-4-24(2,3)17-8-10-18(11-9-17)25-20(27)15-31-23(30)16-6-5-7-19(14-16)26-21(28)12-13-22(26)29/h5-7,14,17-18H,4,8-13,15H2,1-3H3,(H,25,27). The van der Waals surface area contributed by atoms with E-state index in [-0.39, 0.29) is 48.8 Å². The van der Waals surface area contributed by atoms with Crippen molar-refractivity contribution >= 4 is 29.4 Å². The van der Waals surface area contributed by atoms with Gasteiger partial charge < -0.3 is 10.1 Å². The number of rotatable bonds is 7. The first kappa shape index (κ1) is 23.0. The lowest BCUT2D eigenvalue weighted by Crippen LogP contribution is -2.41. The molecule has 3 amide bonds. The lowest BCUT2D eigenvalue weighted by atomic mass is 9.69. The topological polar surface area (TPSA) is 92.8 Å². The minimum Gasteiger partial charge on any atom is -0.452 e. The number of nitrogens with zero attached hydrogens (tertiary/aromatic N) is 1. The summed E-state index contributed by atoms with van der Waals surface area (Å²) in [5, 5.41) is 2.97. The van der Waals surface area contributed by atoms with Crippen LogP contribution >= 0.6 is 0 Å². The molecule has 1 aliphatic heterocycles. The molecule has 1 aromatic carbocycles. The number of ether oxygens (including phenoxy) is 1. The Labute approximate surface area is 183 Å². The zero-order chi connectivity index (χ0) is 22.6. The van der Waals surface area contributed by atoms with Crippen LogP contribution in [0.15, 0.2) is 24.3 Å². The number of carbonyl (C=O) groups excluding carboxylic acids is 4. The molecule has 1 saturated carbocycles. The molecule has 0 radical (unpaired) electrons. The third-order valence-electron chi connectivity index (χ3n) is 6.83. The molecular formula is C24H32N2O5. The van der Waals surface area contributed by atoms with Crippen molar-refractivity contribution in [2.45, 2.75) is 71.8 Å². The van der Waals surface area contributed by atoms with Gasteiger partial charge in [0.2, 0.25) is 11.8 Å². The van der Waals surface area contributed by atoms with Crippen LogP contribution in [0.5, 0.6) is 0 Å². The number of nitrogens with one attached hydrogen (secondary N) is 1. The van der Waals surface area contributed by atoms with Crippen molar-refractivity contribution in [3.8, 4) is 0 Å². The summed E-state index contributed by atoms with van der Waals surface area (Å²) >= 11 is 0. The van der Waals surface area contributed by atoms with Crippen LogP contribution in [0.25, 0.3) is 0 Å². The molecule has 1 aromatic rings. The van der Waals surface area contributed by atoms with Crippen LogP contribution in [0, 0.1) is 11.3 Å². The van der Waals surface area contributed by atoms with Gasteiger partial charge in [-0.2, -0.15) is 0 Å². The number of anilines is 1. The van der Waals surface area contributed by atoms with Gasteiger partial charge >= 0.3 is 5.97 Å². The van der Waals surface area contributed by atoms with Crippen LogP contribution < -0.4 is 10.2 Å². The second-order valence-electron chi connectivity index (χ2n) is 9.21. The molecule has 1 aliphatic carbocycles. The zero-order valence-electron chi connectivity index (χ0n) is 18.6. The number of hydrogen-bond donors (Lipinski definition) is 1. The molecule has 168 valence electrons. The highest BCUT2D eigenvalue weighted by Crippen LogP contribution is 2.40. The maximum absolute atomic E-state index is 12.4. The summed E-state index contributed by atoms with van der Waals surface area (Å²) in [6, 6.07) is 6.27. The number of benzene rings is 1. The van der Waals surface area contributed by atoms with Crippen LogP contribution in [0.1, 0.15) is 76.1 Å². The Kier molecular flexibility index (Phi) is 7.13. The van der Waals surface area contributed by atoms with E-state index in [0.29, 0.717) is 17.0 Å². The van der Waals surface area contributed by atoms with E-state index in [1.807, 2.05) is 0 Å². The maximum Gasteiger partial charge on any atom is 0.338 e. The Balaban J connectivity index is 1.48. The summed E-state index contributed by atoms with van der Waals surface area (Å²) in [4.78, 5) is 49.5. The van der Waals surface area contributed by atoms with E-state index in [9.17, 15) is 19.2 Å². The molecule has 0 bridgehead atoms. The predicted molar refractivity (Wildman–Crippen MR) is 116 cm³/mol. The normalized spacial score (nSPS) is 21.8. The lowest BCUT2D eigenvalue weighted by molar-refractivity contribution is -0.125. The Morgan fingerprint density at radius 3 is 2.35 bits per heavy atom. The smallest absolute Gasteiger partial charge is 0.338 e. The molecule has 0 aromatic heterocycles. The number of esters is 1. The second kappa shape index (κ2) is 9.62. The quantitative estimate of drug-likeness (QED) is 0.529. The molecular weight excluding hydrogens is 396 g/mol. The summed E-state index contributed by atoms with van der Waals surface area (Å²) in [6.07, 6.45) is 5.54. The van der Waals surface area contributed by atoms with Gasteiger partial charge in [0.05, 0.1) is 11.3 Å². The molecule has 0 unspecified atom stereocenters. The van der Waals surface area contributed by atoms with Crippen LogP contribution in [0.4, 0.5) is 5.69 Å². The molecule has 7 nitrogen and oxygen atoms in total. The molecule has 0 atom stereocenters. The minimum atomic E-state index is -0.663. The van der Waals surface area contributed by atoms with Crippen molar-refractivity contribution in [1.82, 2.24) is 5.32 Å². The first-order valence-electron chi connectivity index (χ1n) is 11.1. The Morgan fingerprint density at radius 1 is 1.10 bits per heavy atom. The SMILES string of the molecule is CCC(C)(C)C1CCC(NC(=O)COC(=O)c2cccc(N3C(=O)CCC3=O)c2)CC1. The van der Waals surface area contributed by atoms with Gasteiger partial charge in [0, 0.05) is 18.9 Å². The van der Waals surface area contributed by atoms with E-state index in [2.05, 4.69) is 26.1 Å².